The molecule has 2 aromatic heterocycles. The highest BCUT2D eigenvalue weighted by atomic mass is 35.5. The van der Waals surface area contributed by atoms with Crippen molar-refractivity contribution < 1.29 is 22.7 Å². The lowest BCUT2D eigenvalue weighted by molar-refractivity contribution is -0.137. The van der Waals surface area contributed by atoms with Gasteiger partial charge in [-0.25, -0.2) is 0 Å². The molecule has 15 heteroatoms. The van der Waals surface area contributed by atoms with Crippen LogP contribution >= 0.6 is 11.6 Å². The van der Waals surface area contributed by atoms with Crippen molar-refractivity contribution in [1.82, 2.24) is 24.5 Å². The number of anilines is 3. The number of rotatable bonds is 6. The molecule has 0 unspecified atom stereocenters. The molecule has 6 rings (SSSR count). The van der Waals surface area contributed by atoms with Gasteiger partial charge in [0.2, 0.25) is 17.6 Å². The number of benzene rings is 1. The molecule has 1 aromatic carbocycles. The van der Waals surface area contributed by atoms with Crippen molar-refractivity contribution in [2.45, 2.75) is 57.3 Å². The number of carbonyl (C=O) groups excluding carboxylic acids is 1. The molecule has 3 aromatic rings. The quantitative estimate of drug-likeness (QED) is 0.431. The largest absolute Gasteiger partial charge is 0.416 e. The Morgan fingerprint density at radius 3 is 2.51 bits per heavy atom. The Morgan fingerprint density at radius 1 is 1.14 bits per heavy atom. The lowest BCUT2D eigenvalue weighted by atomic mass is 9.89. The molecule has 11 nitrogen and oxygen atoms in total. The SMILES string of the molecule is CCc1c(N2CCNCC2)c(=O)n2nc(N3CCC4(CCCO4)CC3)nc2n1CC(=O)Nc1ccc(C(F)(F)F)cc1Cl. The number of hydrogen-bond acceptors (Lipinski definition) is 8. The fourth-order valence-electron chi connectivity index (χ4n) is 6.33. The zero-order valence-electron chi connectivity index (χ0n) is 23.8. The number of halogens is 4. The van der Waals surface area contributed by atoms with Gasteiger partial charge in [-0.3, -0.25) is 9.59 Å². The molecule has 5 heterocycles. The summed E-state index contributed by atoms with van der Waals surface area (Å²) in [5, 5.41) is 10.3. The number of nitrogens with one attached hydrogen (secondary N) is 2. The number of piperazine rings is 1. The van der Waals surface area contributed by atoms with Crippen LogP contribution in [0.5, 0.6) is 0 Å². The lowest BCUT2D eigenvalue weighted by Gasteiger charge is -2.38. The lowest BCUT2D eigenvalue weighted by Crippen LogP contribution is -2.47. The van der Waals surface area contributed by atoms with E-state index in [0.29, 0.717) is 63.0 Å². The second-order valence-corrected chi connectivity index (χ2v) is 11.7. The van der Waals surface area contributed by atoms with Crippen LogP contribution in [0, 0.1) is 0 Å². The Morgan fingerprint density at radius 2 is 1.88 bits per heavy atom. The predicted octanol–water partition coefficient (Wildman–Crippen LogP) is 3.32. The van der Waals surface area contributed by atoms with Crippen LogP contribution in [0.2, 0.25) is 5.02 Å². The summed E-state index contributed by atoms with van der Waals surface area (Å²) in [4.78, 5) is 36.1. The van der Waals surface area contributed by atoms with Gasteiger partial charge in [0.1, 0.15) is 12.2 Å². The van der Waals surface area contributed by atoms with Crippen LogP contribution in [0.1, 0.15) is 43.9 Å². The van der Waals surface area contributed by atoms with E-state index in [9.17, 15) is 22.8 Å². The fraction of sp³-hybridized carbons (Fsp3) is 0.571. The second kappa shape index (κ2) is 11.6. The minimum absolute atomic E-state index is 0.0515. The van der Waals surface area contributed by atoms with E-state index in [-0.39, 0.29) is 34.2 Å². The van der Waals surface area contributed by atoms with Gasteiger partial charge in [0, 0.05) is 45.9 Å². The average Bonchev–Trinajstić information content (AvgIpc) is 3.64. The highest BCUT2D eigenvalue weighted by molar-refractivity contribution is 6.33. The summed E-state index contributed by atoms with van der Waals surface area (Å²) in [6, 6.07) is 2.77. The van der Waals surface area contributed by atoms with Crippen molar-refractivity contribution in [1.29, 1.82) is 0 Å². The van der Waals surface area contributed by atoms with Gasteiger partial charge in [0.05, 0.1) is 27.6 Å². The first kappa shape index (κ1) is 29.7. The van der Waals surface area contributed by atoms with Gasteiger partial charge in [0.25, 0.3) is 5.56 Å². The number of ether oxygens (including phenoxy) is 1. The summed E-state index contributed by atoms with van der Waals surface area (Å²) < 4.78 is 48.3. The summed E-state index contributed by atoms with van der Waals surface area (Å²) in [6.07, 6.45) is -0.346. The Hall–Kier alpha value is -3.36. The van der Waals surface area contributed by atoms with Crippen molar-refractivity contribution in [3.05, 3.63) is 44.8 Å². The van der Waals surface area contributed by atoms with E-state index in [1.165, 1.54) is 4.52 Å². The van der Waals surface area contributed by atoms with E-state index in [0.717, 1.165) is 50.5 Å². The highest BCUT2D eigenvalue weighted by Crippen LogP contribution is 2.37. The second-order valence-electron chi connectivity index (χ2n) is 11.3. The molecule has 0 saturated carbocycles. The molecule has 0 radical (unpaired) electrons. The number of piperidine rings is 1. The van der Waals surface area contributed by atoms with Crippen LogP contribution in [0.15, 0.2) is 23.0 Å². The molecule has 2 N–H and O–H groups in total. The van der Waals surface area contributed by atoms with Gasteiger partial charge >= 0.3 is 6.18 Å². The van der Waals surface area contributed by atoms with Crippen LogP contribution < -0.4 is 26.0 Å². The van der Waals surface area contributed by atoms with Gasteiger partial charge in [0.15, 0.2) is 0 Å². The van der Waals surface area contributed by atoms with Crippen molar-refractivity contribution in [3.63, 3.8) is 0 Å². The normalized spacial score (nSPS) is 19.0. The van der Waals surface area contributed by atoms with E-state index in [4.69, 9.17) is 21.3 Å². The molecule has 3 aliphatic rings. The Balaban J connectivity index is 1.36. The maximum Gasteiger partial charge on any atom is 0.416 e. The van der Waals surface area contributed by atoms with Crippen LogP contribution in [-0.2, 0) is 28.7 Å². The summed E-state index contributed by atoms with van der Waals surface area (Å²) in [5.41, 5.74) is -0.167. The average molecular weight is 623 g/mol. The molecule has 1 spiro atoms. The van der Waals surface area contributed by atoms with Gasteiger partial charge < -0.3 is 29.7 Å². The van der Waals surface area contributed by atoms with E-state index in [1.807, 2.05) is 16.7 Å². The molecule has 0 atom stereocenters. The third kappa shape index (κ3) is 5.79. The predicted molar refractivity (Wildman–Crippen MR) is 156 cm³/mol. The van der Waals surface area contributed by atoms with Gasteiger partial charge in [-0.05, 0) is 50.3 Å². The van der Waals surface area contributed by atoms with E-state index >= 15 is 0 Å². The van der Waals surface area contributed by atoms with Crippen LogP contribution in [0.4, 0.5) is 30.5 Å². The first-order chi connectivity index (χ1) is 20.6. The molecule has 0 bridgehead atoms. The Kier molecular flexibility index (Phi) is 8.03. The van der Waals surface area contributed by atoms with Crippen LogP contribution in [-0.4, -0.2) is 76.5 Å². The molecular formula is C28H34ClF3N8O3. The van der Waals surface area contributed by atoms with Gasteiger partial charge in [-0.2, -0.15) is 22.7 Å². The van der Waals surface area contributed by atoms with E-state index in [2.05, 4.69) is 15.7 Å². The summed E-state index contributed by atoms with van der Waals surface area (Å²) in [5.74, 6) is 0.0993. The topological polar surface area (TPSA) is 109 Å². The zero-order chi connectivity index (χ0) is 30.4. The minimum atomic E-state index is -4.56. The van der Waals surface area contributed by atoms with Gasteiger partial charge in [-0.1, -0.05) is 18.5 Å². The summed E-state index contributed by atoms with van der Waals surface area (Å²) in [7, 11) is 0. The van der Waals surface area contributed by atoms with E-state index in [1.54, 1.807) is 4.57 Å². The van der Waals surface area contributed by atoms with Crippen molar-refractivity contribution >= 4 is 40.6 Å². The summed E-state index contributed by atoms with van der Waals surface area (Å²) in [6.45, 7) is 6.42. The number of nitrogens with zero attached hydrogens (tertiary/aromatic N) is 6. The van der Waals surface area contributed by atoms with Crippen molar-refractivity contribution in [2.24, 2.45) is 0 Å². The van der Waals surface area contributed by atoms with Gasteiger partial charge in [-0.15, -0.1) is 5.10 Å². The zero-order valence-corrected chi connectivity index (χ0v) is 24.6. The standard InChI is InChI=1S/C28H34ClF3N8O3/c1-2-21-23(37-13-9-33-10-14-37)24(42)40-26(35-25(36-40)38-11-7-27(8-12-38)6-3-15-43-27)39(21)17-22(41)34-20-5-4-18(16-19(20)29)28(30,31)32/h4-5,16,33H,2-3,6-15,17H2,1H3,(H,34,41). The molecule has 3 fully saturated rings. The summed E-state index contributed by atoms with van der Waals surface area (Å²) >= 11 is 6.10. The fourth-order valence-corrected chi connectivity index (χ4v) is 6.56. The molecule has 0 aliphatic carbocycles. The molecular weight excluding hydrogens is 589 g/mol. The number of carbonyl (C=O) groups is 1. The van der Waals surface area contributed by atoms with Crippen molar-refractivity contribution in [3.8, 4) is 0 Å². The monoisotopic (exact) mass is 622 g/mol. The molecule has 43 heavy (non-hydrogen) atoms. The van der Waals surface area contributed by atoms with Crippen LogP contribution in [0.3, 0.4) is 0 Å². The number of aromatic nitrogens is 4. The van der Waals surface area contributed by atoms with Crippen LogP contribution in [0.25, 0.3) is 5.78 Å². The first-order valence-corrected chi connectivity index (χ1v) is 15.0. The smallest absolute Gasteiger partial charge is 0.375 e. The molecule has 1 amide bonds. The number of hydrogen-bond donors (Lipinski definition) is 2. The highest BCUT2D eigenvalue weighted by Gasteiger charge is 2.39. The van der Waals surface area contributed by atoms with Crippen molar-refractivity contribution in [2.75, 3.05) is 61.0 Å². The number of amides is 1. The maximum atomic E-state index is 13.9. The maximum absolute atomic E-state index is 13.9. The third-order valence-electron chi connectivity index (χ3n) is 8.60. The molecule has 232 valence electrons. The number of alkyl halides is 3. The number of fused-ring (bicyclic) bond motifs is 1. The Labute approximate surface area is 250 Å². The molecule has 3 aliphatic heterocycles. The minimum Gasteiger partial charge on any atom is -0.375 e. The first-order valence-electron chi connectivity index (χ1n) is 14.6. The molecule has 3 saturated heterocycles. The third-order valence-corrected chi connectivity index (χ3v) is 8.91. The Bertz CT molecular complexity index is 1570. The van der Waals surface area contributed by atoms with E-state index < -0.39 is 17.6 Å².